The third-order valence-electron chi connectivity index (χ3n) is 6.09. The van der Waals surface area contributed by atoms with Gasteiger partial charge in [0.1, 0.15) is 0 Å². The Hall–Kier alpha value is -3.83. The average molecular weight is 583 g/mol. The number of hydrogen-bond acceptors (Lipinski definition) is 10. The largest absolute Gasteiger partial charge is 0.490 e. The zero-order valence-corrected chi connectivity index (χ0v) is 24.5. The molecular weight excluding hydrogens is 552 g/mol. The molecule has 0 bridgehead atoms. The van der Waals surface area contributed by atoms with Gasteiger partial charge >= 0.3 is 11.9 Å². The SMILES string of the molecule is CCOC(=O)C1=C(C)N=c2s/c(=C\c3ccc(SC)cc3)c(=O)n2[C@H]1c1ccc(OCC(=O)OC)c(OCC)c1. The lowest BCUT2D eigenvalue weighted by Crippen LogP contribution is -2.40. The predicted octanol–water partition coefficient (Wildman–Crippen LogP) is 3.47. The first-order valence-corrected chi connectivity index (χ1v) is 14.6. The second kappa shape index (κ2) is 13.0. The van der Waals surface area contributed by atoms with Crippen molar-refractivity contribution in [3.63, 3.8) is 0 Å². The van der Waals surface area contributed by atoms with Gasteiger partial charge in [0.25, 0.3) is 5.56 Å². The lowest BCUT2D eigenvalue weighted by molar-refractivity contribution is -0.143. The normalized spacial score (nSPS) is 14.8. The van der Waals surface area contributed by atoms with Gasteiger partial charge in [0.2, 0.25) is 0 Å². The molecule has 3 aromatic rings. The number of esters is 2. The number of carbonyl (C=O) groups excluding carboxylic acids is 2. The number of thiazole rings is 1. The minimum Gasteiger partial charge on any atom is -0.490 e. The maximum absolute atomic E-state index is 13.8. The fraction of sp³-hybridized carbons (Fsp3) is 0.310. The summed E-state index contributed by atoms with van der Waals surface area (Å²) in [6.07, 6.45) is 3.83. The van der Waals surface area contributed by atoms with Crippen molar-refractivity contribution in [1.82, 2.24) is 4.57 Å². The number of fused-ring (bicyclic) bond motifs is 1. The molecule has 0 unspecified atom stereocenters. The van der Waals surface area contributed by atoms with Gasteiger partial charge in [-0.25, -0.2) is 14.6 Å². The van der Waals surface area contributed by atoms with Crippen LogP contribution in [-0.4, -0.2) is 49.7 Å². The maximum Gasteiger partial charge on any atom is 0.343 e. The summed E-state index contributed by atoms with van der Waals surface area (Å²) in [5.74, 6) is -0.405. The Labute approximate surface area is 239 Å². The first-order valence-electron chi connectivity index (χ1n) is 12.6. The molecule has 210 valence electrons. The van der Waals surface area contributed by atoms with Crippen LogP contribution in [0.5, 0.6) is 11.5 Å². The highest BCUT2D eigenvalue weighted by Crippen LogP contribution is 2.36. The van der Waals surface area contributed by atoms with E-state index in [2.05, 4.69) is 9.73 Å². The molecule has 0 amide bonds. The van der Waals surface area contributed by atoms with Crippen LogP contribution >= 0.6 is 23.1 Å². The number of allylic oxidation sites excluding steroid dienone is 1. The van der Waals surface area contributed by atoms with E-state index >= 15 is 0 Å². The number of benzene rings is 2. The Bertz CT molecular complexity index is 1620. The predicted molar refractivity (Wildman–Crippen MR) is 154 cm³/mol. The van der Waals surface area contributed by atoms with Crippen LogP contribution in [0, 0.1) is 0 Å². The molecule has 1 aliphatic heterocycles. The molecule has 4 rings (SSSR count). The van der Waals surface area contributed by atoms with Crippen LogP contribution in [-0.2, 0) is 19.1 Å². The number of thioether (sulfide) groups is 1. The fourth-order valence-corrected chi connectivity index (χ4v) is 5.69. The van der Waals surface area contributed by atoms with E-state index in [1.807, 2.05) is 43.5 Å². The summed E-state index contributed by atoms with van der Waals surface area (Å²) in [4.78, 5) is 44.9. The van der Waals surface area contributed by atoms with E-state index in [4.69, 9.17) is 14.2 Å². The molecule has 1 aromatic heterocycles. The lowest BCUT2D eigenvalue weighted by Gasteiger charge is -2.25. The molecule has 40 heavy (non-hydrogen) atoms. The van der Waals surface area contributed by atoms with Crippen molar-refractivity contribution in [1.29, 1.82) is 0 Å². The minimum atomic E-state index is -0.815. The van der Waals surface area contributed by atoms with Crippen molar-refractivity contribution in [3.05, 3.63) is 84.5 Å². The van der Waals surface area contributed by atoms with Crippen molar-refractivity contribution >= 4 is 41.1 Å². The molecule has 1 atom stereocenters. The van der Waals surface area contributed by atoms with Crippen LogP contribution < -0.4 is 24.4 Å². The van der Waals surface area contributed by atoms with Crippen molar-refractivity contribution in [2.24, 2.45) is 4.99 Å². The molecule has 0 saturated carbocycles. The monoisotopic (exact) mass is 582 g/mol. The molecule has 9 nitrogen and oxygen atoms in total. The first-order chi connectivity index (χ1) is 19.3. The second-order valence-electron chi connectivity index (χ2n) is 8.58. The van der Waals surface area contributed by atoms with Crippen molar-refractivity contribution in [2.45, 2.75) is 31.7 Å². The molecule has 0 saturated heterocycles. The topological polar surface area (TPSA) is 105 Å². The zero-order chi connectivity index (χ0) is 28.8. The molecule has 2 heterocycles. The highest BCUT2D eigenvalue weighted by molar-refractivity contribution is 7.98. The van der Waals surface area contributed by atoms with Crippen LogP contribution in [0.4, 0.5) is 0 Å². The second-order valence-corrected chi connectivity index (χ2v) is 10.5. The standard InChI is InChI=1S/C29H30N2O7S2/c1-6-36-22-15-19(10-13-21(22)38-16-24(32)35-4)26-25(28(34)37-7-2)17(3)30-29-31(26)27(33)23(40-29)14-18-8-11-20(39-5)12-9-18/h8-15,26H,6-7,16H2,1-5H3/b23-14-/t26-/m0/s1. The van der Waals surface area contributed by atoms with Crippen molar-refractivity contribution in [3.8, 4) is 11.5 Å². The summed E-state index contributed by atoms with van der Waals surface area (Å²) in [6, 6.07) is 12.2. The highest BCUT2D eigenvalue weighted by atomic mass is 32.2. The number of methoxy groups -OCH3 is 1. The number of carbonyl (C=O) groups is 2. The molecule has 1 aliphatic rings. The van der Waals surface area contributed by atoms with Crippen molar-refractivity contribution < 1.29 is 28.5 Å². The minimum absolute atomic E-state index is 0.170. The summed E-state index contributed by atoms with van der Waals surface area (Å²) in [5.41, 5.74) is 1.93. The molecule has 0 spiro atoms. The summed E-state index contributed by atoms with van der Waals surface area (Å²) in [5, 5.41) is 0. The fourth-order valence-electron chi connectivity index (χ4n) is 4.24. The van der Waals surface area contributed by atoms with E-state index in [1.54, 1.807) is 43.8 Å². The maximum atomic E-state index is 13.8. The van der Waals surface area contributed by atoms with Gasteiger partial charge < -0.3 is 18.9 Å². The van der Waals surface area contributed by atoms with Crippen LogP contribution in [0.3, 0.4) is 0 Å². The lowest BCUT2D eigenvalue weighted by atomic mass is 9.95. The number of aromatic nitrogens is 1. The Morgan fingerprint density at radius 1 is 1.07 bits per heavy atom. The summed E-state index contributed by atoms with van der Waals surface area (Å²) >= 11 is 2.90. The highest BCUT2D eigenvalue weighted by Gasteiger charge is 2.34. The molecule has 0 radical (unpaired) electrons. The van der Waals surface area contributed by atoms with E-state index in [0.717, 1.165) is 10.5 Å². The molecule has 11 heteroatoms. The average Bonchev–Trinajstić information content (AvgIpc) is 3.25. The number of rotatable bonds is 10. The number of hydrogen-bond donors (Lipinski definition) is 0. The Morgan fingerprint density at radius 3 is 2.48 bits per heavy atom. The molecule has 0 fully saturated rings. The van der Waals surface area contributed by atoms with E-state index < -0.39 is 18.0 Å². The van der Waals surface area contributed by atoms with Gasteiger partial charge in [0.05, 0.1) is 42.2 Å². The van der Waals surface area contributed by atoms with Gasteiger partial charge in [0.15, 0.2) is 22.9 Å². The molecular formula is C29H30N2O7S2. The third-order valence-corrected chi connectivity index (χ3v) is 7.81. The van der Waals surface area contributed by atoms with Crippen LogP contribution in [0.15, 0.2) is 68.4 Å². The zero-order valence-electron chi connectivity index (χ0n) is 22.9. The van der Waals surface area contributed by atoms with Gasteiger partial charge in [-0.2, -0.15) is 0 Å². The Morgan fingerprint density at radius 2 is 1.82 bits per heavy atom. The smallest absolute Gasteiger partial charge is 0.343 e. The van der Waals surface area contributed by atoms with E-state index in [-0.39, 0.29) is 24.3 Å². The summed E-state index contributed by atoms with van der Waals surface area (Å²) in [7, 11) is 1.28. The quantitative estimate of drug-likeness (QED) is 0.264. The molecule has 0 aliphatic carbocycles. The Balaban J connectivity index is 1.88. The Kier molecular flexibility index (Phi) is 9.49. The van der Waals surface area contributed by atoms with Gasteiger partial charge in [-0.3, -0.25) is 9.36 Å². The van der Waals surface area contributed by atoms with Crippen LogP contribution in [0.2, 0.25) is 0 Å². The molecule has 2 aromatic carbocycles. The summed E-state index contributed by atoms with van der Waals surface area (Å²) < 4.78 is 23.4. The van der Waals surface area contributed by atoms with E-state index in [1.165, 1.54) is 23.0 Å². The van der Waals surface area contributed by atoms with Crippen molar-refractivity contribution in [2.75, 3.05) is 33.2 Å². The van der Waals surface area contributed by atoms with E-state index in [0.29, 0.717) is 38.7 Å². The third kappa shape index (κ3) is 6.15. The van der Waals surface area contributed by atoms with Gasteiger partial charge in [-0.15, -0.1) is 11.8 Å². The van der Waals surface area contributed by atoms with Gasteiger partial charge in [-0.1, -0.05) is 29.5 Å². The van der Waals surface area contributed by atoms with E-state index in [9.17, 15) is 14.4 Å². The first kappa shape index (κ1) is 29.2. The van der Waals surface area contributed by atoms with Crippen LogP contribution in [0.1, 0.15) is 37.9 Å². The van der Waals surface area contributed by atoms with Gasteiger partial charge in [0, 0.05) is 4.90 Å². The summed E-state index contributed by atoms with van der Waals surface area (Å²) in [6.45, 7) is 5.48. The van der Waals surface area contributed by atoms with Gasteiger partial charge in [-0.05, 0) is 68.5 Å². The number of nitrogens with zero attached hydrogens (tertiary/aromatic N) is 2. The molecule has 0 N–H and O–H groups in total. The van der Waals surface area contributed by atoms with Crippen LogP contribution in [0.25, 0.3) is 6.08 Å². The number of ether oxygens (including phenoxy) is 4.